The molecule has 0 aliphatic heterocycles. The van der Waals surface area contributed by atoms with Gasteiger partial charge in [0.25, 0.3) is 0 Å². The number of halogens is 4. The lowest BCUT2D eigenvalue weighted by molar-refractivity contribution is 0.112. The first kappa shape index (κ1) is 12.6. The summed E-state index contributed by atoms with van der Waals surface area (Å²) in [5.74, 6) is -2.95. The second-order valence-corrected chi connectivity index (χ2v) is 4.01. The lowest BCUT2D eigenvalue weighted by Crippen LogP contribution is -1.92. The maximum Gasteiger partial charge on any atom is 0.160 e. The monoisotopic (exact) mass is 270 g/mol. The molecule has 18 heavy (non-hydrogen) atoms. The van der Waals surface area contributed by atoms with Crippen LogP contribution in [0, 0.1) is 17.5 Å². The van der Waals surface area contributed by atoms with E-state index in [9.17, 15) is 18.0 Å². The van der Waals surface area contributed by atoms with Gasteiger partial charge in [-0.05, 0) is 18.2 Å². The predicted molar refractivity (Wildman–Crippen MR) is 62.1 cm³/mol. The van der Waals surface area contributed by atoms with E-state index in [-0.39, 0.29) is 21.7 Å². The molecule has 0 saturated heterocycles. The number of hydrogen-bond acceptors (Lipinski definition) is 1. The van der Waals surface area contributed by atoms with E-state index in [1.54, 1.807) is 0 Å². The Labute approximate surface area is 106 Å². The zero-order valence-corrected chi connectivity index (χ0v) is 9.64. The van der Waals surface area contributed by atoms with Crippen molar-refractivity contribution >= 4 is 17.9 Å². The normalized spacial score (nSPS) is 10.4. The summed E-state index contributed by atoms with van der Waals surface area (Å²) in [6, 6.07) is 5.25. The van der Waals surface area contributed by atoms with Gasteiger partial charge in [0.2, 0.25) is 0 Å². The van der Waals surface area contributed by atoms with E-state index in [0.29, 0.717) is 6.29 Å². The molecule has 2 aromatic carbocycles. The Morgan fingerprint density at radius 1 is 0.889 bits per heavy atom. The third-order valence-corrected chi connectivity index (χ3v) is 2.74. The van der Waals surface area contributed by atoms with Crippen LogP contribution in [-0.4, -0.2) is 6.29 Å². The van der Waals surface area contributed by atoms with Crippen LogP contribution < -0.4 is 0 Å². The maximum absolute atomic E-state index is 13.7. The molecule has 0 aliphatic rings. The van der Waals surface area contributed by atoms with E-state index in [1.807, 2.05) is 0 Å². The Morgan fingerprint density at radius 2 is 1.56 bits per heavy atom. The molecule has 0 atom stereocenters. The van der Waals surface area contributed by atoms with Crippen LogP contribution in [-0.2, 0) is 0 Å². The average molecular weight is 271 g/mol. The van der Waals surface area contributed by atoms with Crippen LogP contribution in [0.2, 0.25) is 5.02 Å². The minimum atomic E-state index is -1.12. The van der Waals surface area contributed by atoms with E-state index in [4.69, 9.17) is 11.6 Å². The second-order valence-electron chi connectivity index (χ2n) is 3.60. The molecule has 5 heteroatoms. The molecular weight excluding hydrogens is 265 g/mol. The first-order valence-electron chi connectivity index (χ1n) is 4.92. The number of aldehydes is 1. The van der Waals surface area contributed by atoms with Gasteiger partial charge in [0.1, 0.15) is 12.1 Å². The summed E-state index contributed by atoms with van der Waals surface area (Å²) < 4.78 is 39.7. The zero-order chi connectivity index (χ0) is 13.3. The fourth-order valence-electron chi connectivity index (χ4n) is 1.55. The van der Waals surface area contributed by atoms with Crippen LogP contribution in [0.4, 0.5) is 13.2 Å². The quantitative estimate of drug-likeness (QED) is 0.589. The van der Waals surface area contributed by atoms with Crippen molar-refractivity contribution in [3.63, 3.8) is 0 Å². The fraction of sp³-hybridized carbons (Fsp3) is 0. The van der Waals surface area contributed by atoms with Crippen LogP contribution in [0.3, 0.4) is 0 Å². The van der Waals surface area contributed by atoms with Crippen LogP contribution in [0.1, 0.15) is 10.4 Å². The van der Waals surface area contributed by atoms with Crippen molar-refractivity contribution in [2.24, 2.45) is 0 Å². The summed E-state index contributed by atoms with van der Waals surface area (Å²) in [5.41, 5.74) is 0.185. The van der Waals surface area contributed by atoms with Crippen molar-refractivity contribution in [1.29, 1.82) is 0 Å². The van der Waals surface area contributed by atoms with Gasteiger partial charge in [0.15, 0.2) is 11.6 Å². The van der Waals surface area contributed by atoms with E-state index in [0.717, 1.165) is 18.2 Å². The van der Waals surface area contributed by atoms with Gasteiger partial charge in [-0.25, -0.2) is 13.2 Å². The van der Waals surface area contributed by atoms with Gasteiger partial charge in [0, 0.05) is 16.7 Å². The zero-order valence-electron chi connectivity index (χ0n) is 8.88. The third kappa shape index (κ3) is 2.24. The summed E-state index contributed by atoms with van der Waals surface area (Å²) >= 11 is 5.74. The molecule has 0 radical (unpaired) electrons. The summed E-state index contributed by atoms with van der Waals surface area (Å²) in [5, 5.41) is -0.105. The molecule has 0 N–H and O–H groups in total. The van der Waals surface area contributed by atoms with Gasteiger partial charge in [-0.3, -0.25) is 4.79 Å². The summed E-state index contributed by atoms with van der Waals surface area (Å²) in [4.78, 5) is 10.5. The number of hydrogen-bond donors (Lipinski definition) is 0. The summed E-state index contributed by atoms with van der Waals surface area (Å²) in [7, 11) is 0. The van der Waals surface area contributed by atoms with Crippen molar-refractivity contribution in [2.75, 3.05) is 0 Å². The molecule has 0 fully saturated rings. The number of benzene rings is 2. The van der Waals surface area contributed by atoms with Crippen LogP contribution >= 0.6 is 11.6 Å². The van der Waals surface area contributed by atoms with E-state index in [2.05, 4.69) is 0 Å². The van der Waals surface area contributed by atoms with Gasteiger partial charge >= 0.3 is 0 Å². The van der Waals surface area contributed by atoms with E-state index >= 15 is 0 Å². The van der Waals surface area contributed by atoms with Crippen molar-refractivity contribution in [3.05, 3.63) is 58.4 Å². The topological polar surface area (TPSA) is 17.1 Å². The van der Waals surface area contributed by atoms with Gasteiger partial charge in [-0.2, -0.15) is 0 Å². The summed E-state index contributed by atoms with van der Waals surface area (Å²) in [6.45, 7) is 0. The molecule has 92 valence electrons. The molecule has 2 aromatic rings. The largest absolute Gasteiger partial charge is 0.298 e. The van der Waals surface area contributed by atoms with E-state index in [1.165, 1.54) is 12.1 Å². The Bertz CT molecular complexity index is 626. The molecule has 0 unspecified atom stereocenters. The standard InChI is InChI=1S/C13H6ClF3O/c14-10-5-13(17)12(16)4-9(10)8-2-1-7(6-18)3-11(8)15/h1-6H. The minimum Gasteiger partial charge on any atom is -0.298 e. The van der Waals surface area contributed by atoms with Crippen molar-refractivity contribution in [1.82, 2.24) is 0 Å². The molecule has 0 amide bonds. The van der Waals surface area contributed by atoms with Crippen molar-refractivity contribution in [3.8, 4) is 11.1 Å². The minimum absolute atomic E-state index is 0.00417. The van der Waals surface area contributed by atoms with Crippen molar-refractivity contribution < 1.29 is 18.0 Å². The molecule has 0 bridgehead atoms. The van der Waals surface area contributed by atoms with Gasteiger partial charge < -0.3 is 0 Å². The molecule has 1 nitrogen and oxygen atoms in total. The highest BCUT2D eigenvalue weighted by Gasteiger charge is 2.13. The molecule has 0 aromatic heterocycles. The first-order valence-corrected chi connectivity index (χ1v) is 5.30. The predicted octanol–water partition coefficient (Wildman–Crippen LogP) is 4.24. The first-order chi connectivity index (χ1) is 8.52. The van der Waals surface area contributed by atoms with Crippen LogP contribution in [0.5, 0.6) is 0 Å². The van der Waals surface area contributed by atoms with Gasteiger partial charge in [-0.1, -0.05) is 23.7 Å². The Morgan fingerprint density at radius 3 is 2.17 bits per heavy atom. The highest BCUT2D eigenvalue weighted by Crippen LogP contribution is 2.31. The fourth-order valence-corrected chi connectivity index (χ4v) is 1.80. The molecule has 0 heterocycles. The van der Waals surface area contributed by atoms with Gasteiger partial charge in [0.05, 0.1) is 5.02 Å². The Kier molecular flexibility index (Phi) is 3.39. The molecule has 2 rings (SSSR count). The summed E-state index contributed by atoms with van der Waals surface area (Å²) in [6.07, 6.45) is 0.486. The van der Waals surface area contributed by atoms with Crippen LogP contribution in [0.25, 0.3) is 11.1 Å². The third-order valence-electron chi connectivity index (χ3n) is 2.43. The van der Waals surface area contributed by atoms with E-state index < -0.39 is 17.5 Å². The highest BCUT2D eigenvalue weighted by molar-refractivity contribution is 6.33. The smallest absolute Gasteiger partial charge is 0.160 e. The Hall–Kier alpha value is -1.81. The molecule has 0 saturated carbocycles. The number of carbonyl (C=O) groups is 1. The van der Waals surface area contributed by atoms with Crippen LogP contribution in [0.15, 0.2) is 30.3 Å². The average Bonchev–Trinajstić information content (AvgIpc) is 2.34. The Balaban J connectivity index is 2.62. The molecular formula is C13H6ClF3O. The van der Waals surface area contributed by atoms with Crippen molar-refractivity contribution in [2.45, 2.75) is 0 Å². The molecule has 0 aliphatic carbocycles. The number of rotatable bonds is 2. The van der Waals surface area contributed by atoms with Gasteiger partial charge in [-0.15, -0.1) is 0 Å². The second kappa shape index (κ2) is 4.82. The maximum atomic E-state index is 13.7. The number of carbonyl (C=O) groups excluding carboxylic acids is 1. The SMILES string of the molecule is O=Cc1ccc(-c2cc(F)c(F)cc2Cl)c(F)c1. The lowest BCUT2D eigenvalue weighted by Gasteiger charge is -2.07. The molecule has 0 spiro atoms. The lowest BCUT2D eigenvalue weighted by atomic mass is 10.0. The highest BCUT2D eigenvalue weighted by atomic mass is 35.5.